The summed E-state index contributed by atoms with van der Waals surface area (Å²) in [5.41, 5.74) is 0.535. The minimum atomic E-state index is -4.52. The lowest BCUT2D eigenvalue weighted by Crippen LogP contribution is -2.09. The summed E-state index contributed by atoms with van der Waals surface area (Å²) < 4.78 is 38.3. The van der Waals surface area contributed by atoms with Crippen molar-refractivity contribution >= 4 is 11.6 Å². The molecule has 0 bridgehead atoms. The molecule has 128 valence electrons. The molecular weight excluding hydrogens is 333 g/mol. The van der Waals surface area contributed by atoms with Crippen molar-refractivity contribution < 1.29 is 13.2 Å². The van der Waals surface area contributed by atoms with Crippen molar-refractivity contribution in [1.82, 2.24) is 24.9 Å². The molecule has 3 rings (SSSR count). The molecule has 0 saturated heterocycles. The first-order chi connectivity index (χ1) is 11.8. The highest BCUT2D eigenvalue weighted by atomic mass is 19.4. The predicted octanol–water partition coefficient (Wildman–Crippen LogP) is 3.71. The van der Waals surface area contributed by atoms with Crippen LogP contribution in [-0.2, 0) is 6.18 Å². The van der Waals surface area contributed by atoms with Gasteiger partial charge in [-0.1, -0.05) is 6.07 Å². The summed E-state index contributed by atoms with van der Waals surface area (Å²) in [6.45, 7) is 3.51. The van der Waals surface area contributed by atoms with Crippen LogP contribution in [0.2, 0.25) is 0 Å². The summed E-state index contributed by atoms with van der Waals surface area (Å²) in [4.78, 5) is 20.2. The summed E-state index contributed by atoms with van der Waals surface area (Å²) in [5.74, 6) is 0.884. The van der Waals surface area contributed by atoms with E-state index in [4.69, 9.17) is 0 Å². The van der Waals surface area contributed by atoms with Gasteiger partial charge in [0.2, 0.25) is 5.95 Å². The number of anilines is 2. The zero-order valence-electron chi connectivity index (χ0n) is 13.3. The number of pyridine rings is 2. The lowest BCUT2D eigenvalue weighted by Gasteiger charge is -2.10. The van der Waals surface area contributed by atoms with Crippen LogP contribution < -0.4 is 5.32 Å². The van der Waals surface area contributed by atoms with Crippen molar-refractivity contribution in [2.24, 2.45) is 0 Å². The monoisotopic (exact) mass is 346 g/mol. The maximum Gasteiger partial charge on any atom is 0.433 e. The number of nitrogens with zero attached hydrogens (tertiary/aromatic N) is 5. The second-order valence-electron chi connectivity index (χ2n) is 5.25. The average Bonchev–Trinajstić information content (AvgIpc) is 2.54. The largest absolute Gasteiger partial charge is 0.433 e. The predicted molar refractivity (Wildman–Crippen MR) is 85.1 cm³/mol. The topological polar surface area (TPSA) is 76.5 Å². The molecule has 0 atom stereocenters. The standard InChI is InChI=1S/C16H13F3N6/c1-9-4-3-5-12(21-9)14-22-10(2)23-15(25-14)24-11-6-7-20-13(8-11)16(17,18)19/h3-8H,1-2H3,(H,20,22,23,24,25). The molecule has 3 aromatic rings. The van der Waals surface area contributed by atoms with Crippen LogP contribution >= 0.6 is 0 Å². The van der Waals surface area contributed by atoms with Crippen LogP contribution in [0.15, 0.2) is 36.5 Å². The van der Waals surface area contributed by atoms with Crippen molar-refractivity contribution in [3.8, 4) is 11.5 Å². The van der Waals surface area contributed by atoms with E-state index in [1.54, 1.807) is 13.0 Å². The molecule has 0 radical (unpaired) electrons. The Kier molecular flexibility index (Phi) is 4.30. The Morgan fingerprint density at radius 2 is 1.76 bits per heavy atom. The van der Waals surface area contributed by atoms with Crippen LogP contribution in [0.4, 0.5) is 24.8 Å². The van der Waals surface area contributed by atoms with Crippen LogP contribution in [-0.4, -0.2) is 24.9 Å². The first-order valence-corrected chi connectivity index (χ1v) is 7.28. The normalized spacial score (nSPS) is 11.4. The molecule has 9 heteroatoms. The van der Waals surface area contributed by atoms with E-state index in [0.29, 0.717) is 17.3 Å². The fourth-order valence-corrected chi connectivity index (χ4v) is 2.11. The van der Waals surface area contributed by atoms with Gasteiger partial charge in [0.25, 0.3) is 0 Å². The van der Waals surface area contributed by atoms with Crippen LogP contribution in [0.3, 0.4) is 0 Å². The zero-order valence-corrected chi connectivity index (χ0v) is 13.3. The van der Waals surface area contributed by atoms with Gasteiger partial charge in [-0.15, -0.1) is 0 Å². The van der Waals surface area contributed by atoms with Crippen LogP contribution in [0.5, 0.6) is 0 Å². The third kappa shape index (κ3) is 4.06. The Morgan fingerprint density at radius 1 is 0.960 bits per heavy atom. The molecule has 0 amide bonds. The van der Waals surface area contributed by atoms with Gasteiger partial charge in [-0.25, -0.2) is 9.97 Å². The van der Waals surface area contributed by atoms with Gasteiger partial charge in [0, 0.05) is 17.6 Å². The highest BCUT2D eigenvalue weighted by Gasteiger charge is 2.32. The van der Waals surface area contributed by atoms with Gasteiger partial charge in [-0.2, -0.15) is 23.1 Å². The highest BCUT2D eigenvalue weighted by Crippen LogP contribution is 2.29. The van der Waals surface area contributed by atoms with Crippen molar-refractivity contribution in [3.05, 3.63) is 53.7 Å². The SMILES string of the molecule is Cc1cccc(-c2nc(C)nc(Nc3ccnc(C(F)(F)F)c3)n2)n1. The number of hydrogen-bond donors (Lipinski definition) is 1. The number of hydrogen-bond acceptors (Lipinski definition) is 6. The molecule has 6 nitrogen and oxygen atoms in total. The van der Waals surface area contributed by atoms with Crippen molar-refractivity contribution in [1.29, 1.82) is 0 Å². The van der Waals surface area contributed by atoms with Crippen LogP contribution in [0.1, 0.15) is 17.2 Å². The van der Waals surface area contributed by atoms with Crippen molar-refractivity contribution in [2.75, 3.05) is 5.32 Å². The number of halogens is 3. The minimum Gasteiger partial charge on any atom is -0.324 e. The number of aryl methyl sites for hydroxylation is 2. The molecule has 0 aliphatic heterocycles. The molecule has 0 fully saturated rings. The third-order valence-corrected chi connectivity index (χ3v) is 3.17. The van der Waals surface area contributed by atoms with Gasteiger partial charge in [0.1, 0.15) is 17.2 Å². The number of aromatic nitrogens is 5. The Hall–Kier alpha value is -3.10. The summed E-state index contributed by atoms with van der Waals surface area (Å²) in [5, 5.41) is 2.75. The molecule has 0 unspecified atom stereocenters. The molecular formula is C16H13F3N6. The van der Waals surface area contributed by atoms with E-state index < -0.39 is 11.9 Å². The quantitative estimate of drug-likeness (QED) is 0.779. The third-order valence-electron chi connectivity index (χ3n) is 3.17. The molecule has 0 aliphatic carbocycles. The Labute approximate surface area is 141 Å². The second-order valence-corrected chi connectivity index (χ2v) is 5.25. The fraction of sp³-hybridized carbons (Fsp3) is 0.188. The molecule has 3 heterocycles. The van der Waals surface area contributed by atoms with Crippen molar-refractivity contribution in [3.63, 3.8) is 0 Å². The first-order valence-electron chi connectivity index (χ1n) is 7.28. The van der Waals surface area contributed by atoms with E-state index in [1.165, 1.54) is 6.07 Å². The number of rotatable bonds is 3. The minimum absolute atomic E-state index is 0.130. The van der Waals surface area contributed by atoms with Gasteiger partial charge in [-0.3, -0.25) is 4.98 Å². The maximum atomic E-state index is 12.8. The molecule has 25 heavy (non-hydrogen) atoms. The van der Waals surface area contributed by atoms with Gasteiger partial charge >= 0.3 is 6.18 Å². The van der Waals surface area contributed by atoms with Gasteiger partial charge in [0.05, 0.1) is 0 Å². The van der Waals surface area contributed by atoms with Gasteiger partial charge in [0.15, 0.2) is 5.82 Å². The summed E-state index contributed by atoms with van der Waals surface area (Å²) in [6, 6.07) is 7.71. The van der Waals surface area contributed by atoms with Gasteiger partial charge < -0.3 is 5.32 Å². The van der Waals surface area contributed by atoms with Crippen LogP contribution in [0.25, 0.3) is 11.5 Å². The smallest absolute Gasteiger partial charge is 0.324 e. The number of nitrogens with one attached hydrogen (secondary N) is 1. The van der Waals surface area contributed by atoms with E-state index in [1.807, 2.05) is 19.1 Å². The summed E-state index contributed by atoms with van der Waals surface area (Å²) >= 11 is 0. The second kappa shape index (κ2) is 6.42. The summed E-state index contributed by atoms with van der Waals surface area (Å²) in [6.07, 6.45) is -3.45. The zero-order chi connectivity index (χ0) is 18.0. The summed E-state index contributed by atoms with van der Waals surface area (Å²) in [7, 11) is 0. The Bertz CT molecular complexity index is 910. The van der Waals surface area contributed by atoms with Crippen LogP contribution in [0, 0.1) is 13.8 Å². The number of alkyl halides is 3. The van der Waals surface area contributed by atoms with E-state index in [-0.39, 0.29) is 11.6 Å². The average molecular weight is 346 g/mol. The molecule has 0 aromatic carbocycles. The molecule has 0 aliphatic rings. The van der Waals surface area contributed by atoms with Gasteiger partial charge in [-0.05, 0) is 38.1 Å². The highest BCUT2D eigenvalue weighted by molar-refractivity contribution is 5.57. The first kappa shape index (κ1) is 16.7. The fourth-order valence-electron chi connectivity index (χ4n) is 2.11. The maximum absolute atomic E-state index is 12.8. The Balaban J connectivity index is 1.94. The van der Waals surface area contributed by atoms with Crippen molar-refractivity contribution in [2.45, 2.75) is 20.0 Å². The van der Waals surface area contributed by atoms with E-state index >= 15 is 0 Å². The lowest BCUT2D eigenvalue weighted by molar-refractivity contribution is -0.141. The molecule has 0 spiro atoms. The molecule has 0 saturated carbocycles. The molecule has 1 N–H and O–H groups in total. The van der Waals surface area contributed by atoms with E-state index in [0.717, 1.165) is 18.0 Å². The Morgan fingerprint density at radius 3 is 2.48 bits per heavy atom. The lowest BCUT2D eigenvalue weighted by atomic mass is 10.3. The van der Waals surface area contributed by atoms with E-state index in [9.17, 15) is 13.2 Å². The van der Waals surface area contributed by atoms with E-state index in [2.05, 4.69) is 30.2 Å². The molecule has 3 aromatic heterocycles.